The van der Waals surface area contributed by atoms with Crippen molar-refractivity contribution < 1.29 is 23.5 Å². The van der Waals surface area contributed by atoms with Crippen molar-refractivity contribution in [1.82, 2.24) is 0 Å². The van der Waals surface area contributed by atoms with Crippen molar-refractivity contribution in [1.29, 1.82) is 0 Å². The Hall–Kier alpha value is -1.62. The van der Waals surface area contributed by atoms with E-state index in [2.05, 4.69) is 27.1 Å². The second-order valence-corrected chi connectivity index (χ2v) is 10.2. The Balaban J connectivity index is 4.07. The third kappa shape index (κ3) is 18.8. The number of likely N-dealkylation sites (N-methyl/N-ethyl adjacent to an activating group) is 1. The molecule has 198 valence electrons. The maximum absolute atomic E-state index is 11.7. The zero-order valence-corrected chi connectivity index (χ0v) is 22.9. The fourth-order valence-electron chi connectivity index (χ4n) is 3.99. The molecule has 0 atom stereocenters. The van der Waals surface area contributed by atoms with Gasteiger partial charge >= 0.3 is 11.9 Å². The monoisotopic (exact) mass is 480 g/mol. The second kappa shape index (κ2) is 20.7. The average molecular weight is 481 g/mol. The van der Waals surface area contributed by atoms with E-state index in [1.807, 2.05) is 0 Å². The van der Waals surface area contributed by atoms with Crippen molar-refractivity contribution in [3.63, 3.8) is 0 Å². The SMILES string of the molecule is C=C(C)C(=O)OCC[N+](C)(CCCCCCCCCCCCCCCC)CCOC(=O)C(=C)C. The van der Waals surface area contributed by atoms with Crippen molar-refractivity contribution in [2.75, 3.05) is 39.9 Å². The van der Waals surface area contributed by atoms with Crippen LogP contribution in [0.3, 0.4) is 0 Å². The van der Waals surface area contributed by atoms with Crippen molar-refractivity contribution in [3.05, 3.63) is 24.3 Å². The molecule has 0 aromatic rings. The second-order valence-electron chi connectivity index (χ2n) is 10.2. The molecule has 0 N–H and O–H groups in total. The predicted molar refractivity (Wildman–Crippen MR) is 143 cm³/mol. The predicted octanol–water partition coefficient (Wildman–Crippen LogP) is 7.15. The largest absolute Gasteiger partial charge is 0.456 e. The van der Waals surface area contributed by atoms with E-state index >= 15 is 0 Å². The molecule has 5 nitrogen and oxygen atoms in total. The standard InChI is InChI=1S/C29H54NO4/c1-7-8-9-10-11-12-13-14-15-16-17-18-19-20-21-30(6,22-24-33-28(31)26(2)3)23-25-34-29(32)27(4)5/h2,4,7-25H2,1,3,5-6H3/q+1. The summed E-state index contributed by atoms with van der Waals surface area (Å²) in [6, 6.07) is 0. The van der Waals surface area contributed by atoms with E-state index in [1.54, 1.807) is 13.8 Å². The van der Waals surface area contributed by atoms with Crippen LogP contribution in [0.2, 0.25) is 0 Å². The van der Waals surface area contributed by atoms with E-state index < -0.39 is 0 Å². The first-order valence-electron chi connectivity index (χ1n) is 13.7. The molecule has 0 rings (SSSR count). The lowest BCUT2D eigenvalue weighted by molar-refractivity contribution is -0.910. The average Bonchev–Trinajstić information content (AvgIpc) is 2.79. The van der Waals surface area contributed by atoms with Gasteiger partial charge in [-0.1, -0.05) is 97.1 Å². The minimum atomic E-state index is -0.350. The number of nitrogens with zero attached hydrogens (tertiary/aromatic N) is 1. The van der Waals surface area contributed by atoms with Crippen LogP contribution >= 0.6 is 0 Å². The lowest BCUT2D eigenvalue weighted by Gasteiger charge is -2.34. The quantitative estimate of drug-likeness (QED) is 0.0674. The summed E-state index contributed by atoms with van der Waals surface area (Å²) < 4.78 is 11.3. The number of unbranched alkanes of at least 4 members (excludes halogenated alkanes) is 13. The van der Waals surface area contributed by atoms with Gasteiger partial charge in [-0.2, -0.15) is 0 Å². The highest BCUT2D eigenvalue weighted by Crippen LogP contribution is 2.14. The fourth-order valence-corrected chi connectivity index (χ4v) is 3.99. The molecule has 0 radical (unpaired) electrons. The molecule has 0 aromatic heterocycles. The smallest absolute Gasteiger partial charge is 0.333 e. The third-order valence-electron chi connectivity index (χ3n) is 6.48. The highest BCUT2D eigenvalue weighted by molar-refractivity contribution is 5.87. The summed E-state index contributed by atoms with van der Waals surface area (Å²) in [6.07, 6.45) is 18.8. The van der Waals surface area contributed by atoms with Gasteiger partial charge in [-0.05, 0) is 26.7 Å². The number of rotatable bonds is 23. The molecule has 0 aliphatic carbocycles. The van der Waals surface area contributed by atoms with E-state index in [9.17, 15) is 9.59 Å². The Morgan fingerprint density at radius 1 is 0.588 bits per heavy atom. The van der Waals surface area contributed by atoms with Gasteiger partial charge in [-0.15, -0.1) is 0 Å². The van der Waals surface area contributed by atoms with Crippen LogP contribution < -0.4 is 0 Å². The summed E-state index contributed by atoms with van der Waals surface area (Å²) in [6.45, 7) is 15.9. The third-order valence-corrected chi connectivity index (χ3v) is 6.48. The summed E-state index contributed by atoms with van der Waals surface area (Å²) >= 11 is 0. The maximum Gasteiger partial charge on any atom is 0.333 e. The molecule has 0 saturated heterocycles. The molecule has 0 spiro atoms. The number of hydrogen-bond acceptors (Lipinski definition) is 4. The van der Waals surface area contributed by atoms with Crippen LogP contribution in [0.1, 0.15) is 111 Å². The summed E-state index contributed by atoms with van der Waals surface area (Å²) in [7, 11) is 2.14. The van der Waals surface area contributed by atoms with Crippen LogP contribution in [0.4, 0.5) is 0 Å². The van der Waals surface area contributed by atoms with Crippen molar-refractivity contribution >= 4 is 11.9 Å². The molecule has 0 aliphatic heterocycles. The van der Waals surface area contributed by atoms with E-state index in [1.165, 1.54) is 83.5 Å². The van der Waals surface area contributed by atoms with Gasteiger partial charge in [0.1, 0.15) is 26.3 Å². The fraction of sp³-hybridized carbons (Fsp3) is 0.793. The molecule has 0 aromatic carbocycles. The van der Waals surface area contributed by atoms with Crippen molar-refractivity contribution in [2.45, 2.75) is 111 Å². The number of ether oxygens (including phenoxy) is 2. The van der Waals surface area contributed by atoms with E-state index in [-0.39, 0.29) is 11.9 Å². The Morgan fingerprint density at radius 3 is 1.24 bits per heavy atom. The number of quaternary nitrogens is 1. The van der Waals surface area contributed by atoms with E-state index in [4.69, 9.17) is 9.47 Å². The molecule has 0 heterocycles. The van der Waals surface area contributed by atoms with Crippen LogP contribution in [0.15, 0.2) is 24.3 Å². The first-order valence-corrected chi connectivity index (χ1v) is 13.7. The zero-order valence-electron chi connectivity index (χ0n) is 22.9. The molecule has 0 unspecified atom stereocenters. The Kier molecular flexibility index (Phi) is 19.7. The van der Waals surface area contributed by atoms with Crippen LogP contribution in [0.25, 0.3) is 0 Å². The normalized spacial score (nSPS) is 11.3. The van der Waals surface area contributed by atoms with Crippen LogP contribution in [-0.4, -0.2) is 56.3 Å². The van der Waals surface area contributed by atoms with Gasteiger partial charge in [0.25, 0.3) is 0 Å². The Bertz CT molecular complexity index is 553. The van der Waals surface area contributed by atoms with Gasteiger partial charge in [-0.3, -0.25) is 0 Å². The number of hydrogen-bond donors (Lipinski definition) is 0. The molecule has 5 heteroatoms. The first kappa shape index (κ1) is 32.4. The minimum Gasteiger partial charge on any atom is -0.456 e. The molecule has 34 heavy (non-hydrogen) atoms. The minimum absolute atomic E-state index is 0.342. The zero-order chi connectivity index (χ0) is 25.7. The van der Waals surface area contributed by atoms with Gasteiger partial charge in [0.2, 0.25) is 0 Å². The van der Waals surface area contributed by atoms with Crippen LogP contribution in [0.5, 0.6) is 0 Å². The summed E-state index contributed by atoms with van der Waals surface area (Å²) in [5, 5.41) is 0. The first-order chi connectivity index (χ1) is 16.2. The van der Waals surface area contributed by atoms with Crippen LogP contribution in [0, 0.1) is 0 Å². The lowest BCUT2D eigenvalue weighted by atomic mass is 10.0. The number of carbonyl (C=O) groups excluding carboxylic acids is 2. The van der Waals surface area contributed by atoms with Gasteiger partial charge < -0.3 is 14.0 Å². The van der Waals surface area contributed by atoms with Gasteiger partial charge in [0.05, 0.1) is 13.6 Å². The van der Waals surface area contributed by atoms with Crippen LogP contribution in [-0.2, 0) is 19.1 Å². The Labute approximate surface area is 210 Å². The summed E-state index contributed by atoms with van der Waals surface area (Å²) in [5.41, 5.74) is 0.827. The maximum atomic E-state index is 11.7. The molecular weight excluding hydrogens is 426 g/mol. The molecule has 0 saturated carbocycles. The molecule has 0 amide bonds. The highest BCUT2D eigenvalue weighted by Gasteiger charge is 2.22. The number of carbonyl (C=O) groups is 2. The highest BCUT2D eigenvalue weighted by atomic mass is 16.5. The van der Waals surface area contributed by atoms with Crippen molar-refractivity contribution in [2.24, 2.45) is 0 Å². The number of esters is 2. The summed E-state index contributed by atoms with van der Waals surface area (Å²) in [4.78, 5) is 23.4. The van der Waals surface area contributed by atoms with Gasteiger partial charge in [0.15, 0.2) is 0 Å². The molecular formula is C29H54NO4+. The molecule has 0 aliphatic rings. The molecule has 0 fully saturated rings. The van der Waals surface area contributed by atoms with E-state index in [0.717, 1.165) is 13.0 Å². The lowest BCUT2D eigenvalue weighted by Crippen LogP contribution is -2.49. The van der Waals surface area contributed by atoms with E-state index in [0.29, 0.717) is 41.9 Å². The van der Waals surface area contributed by atoms with Gasteiger partial charge in [0, 0.05) is 11.1 Å². The Morgan fingerprint density at radius 2 is 0.912 bits per heavy atom. The molecule has 0 bridgehead atoms. The van der Waals surface area contributed by atoms with Crippen molar-refractivity contribution in [3.8, 4) is 0 Å². The van der Waals surface area contributed by atoms with Gasteiger partial charge in [-0.25, -0.2) is 9.59 Å². The summed E-state index contributed by atoms with van der Waals surface area (Å²) in [5.74, 6) is -0.700. The topological polar surface area (TPSA) is 52.6 Å².